The Labute approximate surface area is 194 Å². The van der Waals surface area contributed by atoms with E-state index in [9.17, 15) is 4.79 Å². The lowest BCUT2D eigenvalue weighted by Gasteiger charge is -2.17. The Morgan fingerprint density at radius 1 is 1.06 bits per heavy atom. The highest BCUT2D eigenvalue weighted by Gasteiger charge is 2.19. The van der Waals surface area contributed by atoms with Gasteiger partial charge in [0, 0.05) is 34.8 Å². The highest BCUT2D eigenvalue weighted by atomic mass is 35.5. The molecule has 0 spiro atoms. The second-order valence-electron chi connectivity index (χ2n) is 6.77. The van der Waals surface area contributed by atoms with Gasteiger partial charge in [0.15, 0.2) is 0 Å². The third kappa shape index (κ3) is 5.01. The van der Waals surface area contributed by atoms with Crippen LogP contribution < -0.4 is 5.32 Å². The predicted molar refractivity (Wildman–Crippen MR) is 125 cm³/mol. The van der Waals surface area contributed by atoms with Crippen LogP contribution in [0.2, 0.25) is 10.0 Å². The number of rotatable bonds is 5. The largest absolute Gasteiger partial charge is 0.394 e. The summed E-state index contributed by atoms with van der Waals surface area (Å²) in [7, 11) is 0. The molecule has 0 aliphatic carbocycles. The molecular formula is C22H18Cl2N4O2S. The number of halogens is 2. The second kappa shape index (κ2) is 9.68. The lowest BCUT2D eigenvalue weighted by atomic mass is 10.0. The molecule has 0 saturated carbocycles. The number of carbonyl (C=O) groups excluding carboxylic acids is 1. The molecule has 6 nitrogen and oxygen atoms in total. The Morgan fingerprint density at radius 3 is 2.52 bits per heavy atom. The fourth-order valence-corrected chi connectivity index (χ4v) is 4.14. The first-order valence-electron chi connectivity index (χ1n) is 9.53. The summed E-state index contributed by atoms with van der Waals surface area (Å²) in [4.78, 5) is 26.8. The minimum absolute atomic E-state index is 0.273. The number of carbonyl (C=O) groups is 1. The van der Waals surface area contributed by atoms with Crippen molar-refractivity contribution >= 4 is 45.9 Å². The van der Waals surface area contributed by atoms with Crippen molar-refractivity contribution in [1.82, 2.24) is 15.3 Å². The Hall–Kier alpha value is -2.61. The number of nitrogens with zero attached hydrogens (tertiary/aromatic N) is 3. The molecule has 4 rings (SSSR count). The van der Waals surface area contributed by atoms with Crippen LogP contribution in [0.3, 0.4) is 0 Å². The summed E-state index contributed by atoms with van der Waals surface area (Å²) in [5, 5.41) is 8.64. The van der Waals surface area contributed by atoms with Crippen LogP contribution in [0.5, 0.6) is 0 Å². The number of nitrogens with one attached hydrogen (secondary N) is 1. The number of oxime groups is 1. The molecule has 0 saturated heterocycles. The average Bonchev–Trinajstić information content (AvgIpc) is 2.81. The Balaban J connectivity index is 1.55. The number of hydrogen-bond acceptors (Lipinski definition) is 6. The molecule has 1 aromatic heterocycles. The highest BCUT2D eigenvalue weighted by molar-refractivity contribution is 8.14. The van der Waals surface area contributed by atoms with E-state index < -0.39 is 0 Å². The van der Waals surface area contributed by atoms with E-state index in [4.69, 9.17) is 28.0 Å². The van der Waals surface area contributed by atoms with Crippen LogP contribution in [0.25, 0.3) is 11.3 Å². The zero-order valence-electron chi connectivity index (χ0n) is 16.5. The van der Waals surface area contributed by atoms with E-state index in [0.29, 0.717) is 33.6 Å². The Morgan fingerprint density at radius 2 is 1.81 bits per heavy atom. The van der Waals surface area contributed by atoms with E-state index in [-0.39, 0.29) is 11.9 Å². The van der Waals surface area contributed by atoms with Crippen LogP contribution in [-0.4, -0.2) is 33.3 Å². The minimum Gasteiger partial charge on any atom is -0.394 e. The van der Waals surface area contributed by atoms with E-state index in [1.165, 1.54) is 6.07 Å². The first-order valence-corrected chi connectivity index (χ1v) is 11.3. The molecule has 0 fully saturated rings. The average molecular weight is 473 g/mol. The zero-order chi connectivity index (χ0) is 21.8. The molecule has 2 heterocycles. The maximum absolute atomic E-state index is 12.7. The van der Waals surface area contributed by atoms with Gasteiger partial charge in [-0.15, -0.1) is 0 Å². The number of amides is 1. The quantitative estimate of drug-likeness (QED) is 0.540. The number of hydrogen-bond donors (Lipinski definition) is 1. The van der Waals surface area contributed by atoms with Crippen molar-refractivity contribution in [3.8, 4) is 11.3 Å². The van der Waals surface area contributed by atoms with Crippen LogP contribution in [-0.2, 0) is 4.84 Å². The first kappa shape index (κ1) is 21.6. The van der Waals surface area contributed by atoms with Crippen molar-refractivity contribution in [2.24, 2.45) is 5.16 Å². The molecule has 0 bridgehead atoms. The molecule has 1 aliphatic rings. The van der Waals surface area contributed by atoms with Crippen LogP contribution >= 0.6 is 35.0 Å². The van der Waals surface area contributed by atoms with E-state index >= 15 is 0 Å². The van der Waals surface area contributed by atoms with Crippen LogP contribution in [0.15, 0.2) is 60.0 Å². The summed E-state index contributed by atoms with van der Waals surface area (Å²) < 4.78 is 0. The van der Waals surface area contributed by atoms with Gasteiger partial charge >= 0.3 is 0 Å². The van der Waals surface area contributed by atoms with Gasteiger partial charge in [-0.25, -0.2) is 0 Å². The zero-order valence-corrected chi connectivity index (χ0v) is 18.8. The summed E-state index contributed by atoms with van der Waals surface area (Å²) in [6.45, 7) is 2.49. The van der Waals surface area contributed by atoms with Gasteiger partial charge in [-0.2, -0.15) is 0 Å². The van der Waals surface area contributed by atoms with Gasteiger partial charge in [0.1, 0.15) is 11.7 Å². The monoisotopic (exact) mass is 472 g/mol. The smallest absolute Gasteiger partial charge is 0.251 e. The highest BCUT2D eigenvalue weighted by Crippen LogP contribution is 2.27. The standard InChI is InChI=1S/C22H18Cl2N4O2S/c1-13(27-21(29)16-6-7-17(23)18(24)12-16)19-20(26-9-8-25-19)14-2-4-15(5-3-14)22-28-30-10-11-31-22/h2-9,12-13H,10-11H2,1H3,(H,27,29). The van der Waals surface area contributed by atoms with Gasteiger partial charge in [0.05, 0.1) is 27.5 Å². The Kier molecular flexibility index (Phi) is 6.75. The van der Waals surface area contributed by atoms with Crippen molar-refractivity contribution in [3.05, 3.63) is 81.7 Å². The maximum atomic E-state index is 12.7. The maximum Gasteiger partial charge on any atom is 0.251 e. The lowest BCUT2D eigenvalue weighted by Crippen LogP contribution is -2.27. The first-order chi connectivity index (χ1) is 15.0. The van der Waals surface area contributed by atoms with Crippen molar-refractivity contribution in [1.29, 1.82) is 0 Å². The summed E-state index contributed by atoms with van der Waals surface area (Å²) >= 11 is 13.6. The molecule has 158 valence electrons. The summed E-state index contributed by atoms with van der Waals surface area (Å²) in [6.07, 6.45) is 3.24. The summed E-state index contributed by atoms with van der Waals surface area (Å²) in [5.41, 5.74) is 3.66. The van der Waals surface area contributed by atoms with Crippen LogP contribution in [0.1, 0.15) is 34.6 Å². The molecule has 1 N–H and O–H groups in total. The minimum atomic E-state index is -0.378. The van der Waals surface area contributed by atoms with Gasteiger partial charge in [-0.05, 0) is 25.1 Å². The molecule has 1 atom stereocenters. The van der Waals surface area contributed by atoms with Gasteiger partial charge in [-0.1, -0.05) is 64.4 Å². The van der Waals surface area contributed by atoms with Gasteiger partial charge in [-0.3, -0.25) is 14.8 Å². The molecule has 2 aromatic carbocycles. The molecular weight excluding hydrogens is 455 g/mol. The number of thioether (sulfide) groups is 1. The third-order valence-corrected chi connectivity index (χ3v) is 6.33. The fraction of sp³-hybridized carbons (Fsp3) is 0.182. The van der Waals surface area contributed by atoms with E-state index in [1.54, 1.807) is 36.3 Å². The van der Waals surface area contributed by atoms with E-state index in [1.807, 2.05) is 31.2 Å². The fourth-order valence-electron chi connectivity index (χ4n) is 3.09. The third-order valence-electron chi connectivity index (χ3n) is 4.63. The van der Waals surface area contributed by atoms with Crippen molar-refractivity contribution in [3.63, 3.8) is 0 Å². The number of benzene rings is 2. The Bertz CT molecular complexity index is 1140. The van der Waals surface area contributed by atoms with Crippen molar-refractivity contribution in [2.45, 2.75) is 13.0 Å². The van der Waals surface area contributed by atoms with Gasteiger partial charge in [0.2, 0.25) is 0 Å². The molecule has 3 aromatic rings. The topological polar surface area (TPSA) is 76.5 Å². The summed E-state index contributed by atoms with van der Waals surface area (Å²) in [6, 6.07) is 12.3. The SMILES string of the molecule is CC(NC(=O)c1ccc(Cl)c(Cl)c1)c1nccnc1-c1ccc(C2=NOCCS2)cc1. The van der Waals surface area contributed by atoms with Crippen LogP contribution in [0.4, 0.5) is 0 Å². The normalized spacial score (nSPS) is 14.4. The van der Waals surface area contributed by atoms with E-state index in [2.05, 4.69) is 20.4 Å². The molecule has 31 heavy (non-hydrogen) atoms. The van der Waals surface area contributed by atoms with E-state index in [0.717, 1.165) is 21.9 Å². The molecule has 1 unspecified atom stereocenters. The molecule has 1 aliphatic heterocycles. The predicted octanol–water partition coefficient (Wildman–Crippen LogP) is 5.37. The second-order valence-corrected chi connectivity index (χ2v) is 8.67. The molecule has 1 amide bonds. The molecule has 0 radical (unpaired) electrons. The summed E-state index contributed by atoms with van der Waals surface area (Å²) in [5.74, 6) is 0.607. The van der Waals surface area contributed by atoms with Crippen LogP contribution in [0, 0.1) is 0 Å². The number of aromatic nitrogens is 2. The lowest BCUT2D eigenvalue weighted by molar-refractivity contribution is 0.0939. The van der Waals surface area contributed by atoms with Gasteiger partial charge in [0.25, 0.3) is 5.91 Å². The van der Waals surface area contributed by atoms with Crippen molar-refractivity contribution < 1.29 is 9.63 Å². The van der Waals surface area contributed by atoms with Crippen molar-refractivity contribution in [2.75, 3.05) is 12.4 Å². The van der Waals surface area contributed by atoms with Gasteiger partial charge < -0.3 is 10.2 Å². The molecule has 9 heteroatoms.